The molecule has 0 fully saturated rings. The monoisotopic (exact) mass is 132 g/mol. The lowest BCUT2D eigenvalue weighted by Crippen LogP contribution is -1.91. The fourth-order valence-corrected chi connectivity index (χ4v) is 0.727. The second-order valence-electron chi connectivity index (χ2n) is 1.82. The van der Waals surface area contributed by atoms with Gasteiger partial charge < -0.3 is 5.32 Å². The van der Waals surface area contributed by atoms with Crippen LogP contribution in [-0.4, -0.2) is 12.0 Å². The van der Waals surface area contributed by atoms with E-state index in [0.717, 1.165) is 11.3 Å². The molecule has 2 nitrogen and oxygen atoms in total. The lowest BCUT2D eigenvalue weighted by Gasteiger charge is -1.99. The first kappa shape index (κ1) is 6.63. The average molecular weight is 132 g/mol. The van der Waals surface area contributed by atoms with Crippen molar-refractivity contribution in [2.24, 2.45) is 0 Å². The second kappa shape index (κ2) is 2.88. The van der Waals surface area contributed by atoms with E-state index in [9.17, 15) is 0 Å². The highest BCUT2D eigenvalue weighted by molar-refractivity contribution is 5.56. The molecule has 10 heavy (non-hydrogen) atoms. The smallest absolute Gasteiger partial charge is 0.0657 e. The van der Waals surface area contributed by atoms with Crippen LogP contribution in [0.4, 0.5) is 5.69 Å². The molecular formula is C8H8N2. The molecule has 1 aromatic heterocycles. The van der Waals surface area contributed by atoms with Crippen LogP contribution in [0.25, 0.3) is 0 Å². The minimum atomic E-state index is 0.796. The van der Waals surface area contributed by atoms with Gasteiger partial charge in [-0.1, -0.05) is 5.92 Å². The van der Waals surface area contributed by atoms with Gasteiger partial charge in [0.2, 0.25) is 0 Å². The minimum Gasteiger partial charge on any atom is -0.387 e. The molecule has 1 rings (SSSR count). The van der Waals surface area contributed by atoms with Crippen LogP contribution in [0.2, 0.25) is 0 Å². The zero-order chi connectivity index (χ0) is 7.40. The third kappa shape index (κ3) is 1.08. The summed E-state index contributed by atoms with van der Waals surface area (Å²) in [5.41, 5.74) is 1.74. The van der Waals surface area contributed by atoms with Crippen LogP contribution < -0.4 is 5.32 Å². The summed E-state index contributed by atoms with van der Waals surface area (Å²) in [5, 5.41) is 2.96. The van der Waals surface area contributed by atoms with E-state index in [1.807, 2.05) is 13.1 Å². The number of hydrogen-bond donors (Lipinski definition) is 1. The van der Waals surface area contributed by atoms with Crippen molar-refractivity contribution in [1.82, 2.24) is 4.98 Å². The average Bonchev–Trinajstić information content (AvgIpc) is 2.04. The summed E-state index contributed by atoms with van der Waals surface area (Å²) >= 11 is 0. The molecule has 2 heteroatoms. The van der Waals surface area contributed by atoms with Gasteiger partial charge in [0.1, 0.15) is 0 Å². The van der Waals surface area contributed by atoms with Crippen molar-refractivity contribution in [3.05, 3.63) is 24.0 Å². The molecule has 0 bridgehead atoms. The van der Waals surface area contributed by atoms with Gasteiger partial charge in [-0.15, -0.1) is 6.42 Å². The zero-order valence-electron chi connectivity index (χ0n) is 5.76. The quantitative estimate of drug-likeness (QED) is 0.579. The largest absolute Gasteiger partial charge is 0.387 e. The molecule has 0 aromatic carbocycles. The van der Waals surface area contributed by atoms with Gasteiger partial charge in [0.05, 0.1) is 11.3 Å². The van der Waals surface area contributed by atoms with Crippen LogP contribution in [0.15, 0.2) is 18.5 Å². The molecule has 0 aliphatic rings. The van der Waals surface area contributed by atoms with Gasteiger partial charge in [0, 0.05) is 19.4 Å². The molecule has 1 N–H and O–H groups in total. The number of aromatic nitrogens is 1. The number of nitrogens with one attached hydrogen (secondary N) is 1. The van der Waals surface area contributed by atoms with Crippen LogP contribution in [0.5, 0.6) is 0 Å². The van der Waals surface area contributed by atoms with Crippen molar-refractivity contribution >= 4 is 5.69 Å². The van der Waals surface area contributed by atoms with Gasteiger partial charge in [0.15, 0.2) is 0 Å². The Hall–Kier alpha value is -1.49. The van der Waals surface area contributed by atoms with E-state index >= 15 is 0 Å². The summed E-state index contributed by atoms with van der Waals surface area (Å²) in [6, 6.07) is 1.84. The van der Waals surface area contributed by atoms with Crippen LogP contribution in [0.3, 0.4) is 0 Å². The summed E-state index contributed by atoms with van der Waals surface area (Å²) in [5.74, 6) is 2.52. The predicted octanol–water partition coefficient (Wildman–Crippen LogP) is 1.10. The molecule has 0 spiro atoms. The van der Waals surface area contributed by atoms with Gasteiger partial charge in [-0.25, -0.2) is 0 Å². The Morgan fingerprint density at radius 3 is 3.00 bits per heavy atom. The molecule has 0 saturated carbocycles. The van der Waals surface area contributed by atoms with Crippen molar-refractivity contribution in [3.8, 4) is 12.3 Å². The fraction of sp³-hybridized carbons (Fsp3) is 0.125. The Morgan fingerprint density at radius 1 is 1.70 bits per heavy atom. The van der Waals surface area contributed by atoms with Crippen molar-refractivity contribution in [2.45, 2.75) is 0 Å². The Kier molecular flexibility index (Phi) is 1.91. The fourth-order valence-electron chi connectivity index (χ4n) is 0.727. The highest BCUT2D eigenvalue weighted by atomic mass is 14.8. The maximum atomic E-state index is 5.20. The van der Waals surface area contributed by atoms with Gasteiger partial charge >= 0.3 is 0 Å². The van der Waals surface area contributed by atoms with Crippen LogP contribution in [0.1, 0.15) is 5.56 Å². The molecule has 0 atom stereocenters. The van der Waals surface area contributed by atoms with E-state index in [0.29, 0.717) is 0 Å². The summed E-state index contributed by atoms with van der Waals surface area (Å²) in [7, 11) is 1.83. The zero-order valence-corrected chi connectivity index (χ0v) is 5.76. The maximum Gasteiger partial charge on any atom is 0.0657 e. The number of hydrogen-bond acceptors (Lipinski definition) is 2. The standard InChI is InChI=1S/C8H8N2/c1-3-7-6-10-5-4-8(7)9-2/h1,4-6H,2H3,(H,9,10). The molecule has 0 aliphatic carbocycles. The summed E-state index contributed by atoms with van der Waals surface area (Å²) in [6.45, 7) is 0. The molecule has 50 valence electrons. The third-order valence-corrected chi connectivity index (χ3v) is 1.25. The predicted molar refractivity (Wildman–Crippen MR) is 41.7 cm³/mol. The van der Waals surface area contributed by atoms with E-state index < -0.39 is 0 Å². The molecule has 0 unspecified atom stereocenters. The van der Waals surface area contributed by atoms with E-state index in [2.05, 4.69) is 16.2 Å². The van der Waals surface area contributed by atoms with E-state index in [1.54, 1.807) is 12.4 Å². The van der Waals surface area contributed by atoms with Crippen LogP contribution >= 0.6 is 0 Å². The van der Waals surface area contributed by atoms with Crippen molar-refractivity contribution in [2.75, 3.05) is 12.4 Å². The topological polar surface area (TPSA) is 24.9 Å². The molecule has 0 saturated heterocycles. The first-order chi connectivity index (χ1) is 4.88. The number of anilines is 1. The van der Waals surface area contributed by atoms with Crippen LogP contribution in [0, 0.1) is 12.3 Å². The van der Waals surface area contributed by atoms with Gasteiger partial charge in [0.25, 0.3) is 0 Å². The highest BCUT2D eigenvalue weighted by Gasteiger charge is 1.93. The van der Waals surface area contributed by atoms with Gasteiger partial charge in [-0.05, 0) is 6.07 Å². The lowest BCUT2D eigenvalue weighted by molar-refractivity contribution is 1.30. The normalized spacial score (nSPS) is 8.40. The van der Waals surface area contributed by atoms with Crippen LogP contribution in [-0.2, 0) is 0 Å². The van der Waals surface area contributed by atoms with Gasteiger partial charge in [-0.3, -0.25) is 4.98 Å². The highest BCUT2D eigenvalue weighted by Crippen LogP contribution is 2.09. The first-order valence-corrected chi connectivity index (χ1v) is 2.97. The minimum absolute atomic E-state index is 0.796. The Bertz CT molecular complexity index is 260. The molecule has 1 heterocycles. The third-order valence-electron chi connectivity index (χ3n) is 1.25. The van der Waals surface area contributed by atoms with E-state index in [-0.39, 0.29) is 0 Å². The molecule has 0 aliphatic heterocycles. The number of terminal acetylenes is 1. The van der Waals surface area contributed by atoms with E-state index in [1.165, 1.54) is 0 Å². The number of pyridine rings is 1. The van der Waals surface area contributed by atoms with E-state index in [4.69, 9.17) is 6.42 Å². The SMILES string of the molecule is C#Cc1cnccc1NC. The summed E-state index contributed by atoms with van der Waals surface area (Å²) in [6.07, 6.45) is 8.56. The molecule has 1 aromatic rings. The Balaban J connectivity index is 3.12. The van der Waals surface area contributed by atoms with Crippen molar-refractivity contribution in [1.29, 1.82) is 0 Å². The molecule has 0 amide bonds. The molecular weight excluding hydrogens is 124 g/mol. The Labute approximate surface area is 60.3 Å². The number of rotatable bonds is 1. The van der Waals surface area contributed by atoms with Gasteiger partial charge in [-0.2, -0.15) is 0 Å². The second-order valence-corrected chi connectivity index (χ2v) is 1.82. The maximum absolute atomic E-state index is 5.20. The summed E-state index contributed by atoms with van der Waals surface area (Å²) in [4.78, 5) is 3.88. The first-order valence-electron chi connectivity index (χ1n) is 2.97. The Morgan fingerprint density at radius 2 is 2.50 bits per heavy atom. The molecule has 0 radical (unpaired) electrons. The number of nitrogens with zero attached hydrogens (tertiary/aromatic N) is 1. The summed E-state index contributed by atoms with van der Waals surface area (Å²) < 4.78 is 0. The van der Waals surface area contributed by atoms with Crippen molar-refractivity contribution in [3.63, 3.8) is 0 Å². The lowest BCUT2D eigenvalue weighted by atomic mass is 10.2. The van der Waals surface area contributed by atoms with Crippen molar-refractivity contribution < 1.29 is 0 Å².